The summed E-state index contributed by atoms with van der Waals surface area (Å²) in [6, 6.07) is 0. The van der Waals surface area contributed by atoms with Crippen LogP contribution in [0.2, 0.25) is 0 Å². The Hall–Kier alpha value is -0.340. The molecule has 2 heteroatoms. The fourth-order valence-corrected chi connectivity index (χ4v) is 0.981. The highest BCUT2D eigenvalue weighted by molar-refractivity contribution is 4.91. The maximum Gasteiger partial charge on any atom is 0.0797 e. The molecule has 0 saturated carbocycles. The van der Waals surface area contributed by atoms with Crippen molar-refractivity contribution >= 4 is 0 Å². The lowest BCUT2D eigenvalue weighted by atomic mass is 9.94. The molecule has 0 bridgehead atoms. The van der Waals surface area contributed by atoms with Gasteiger partial charge in [-0.3, -0.25) is 0 Å². The van der Waals surface area contributed by atoms with Crippen molar-refractivity contribution in [3.63, 3.8) is 0 Å². The average Bonchev–Trinajstić information content (AvgIpc) is 1.84. The first-order chi connectivity index (χ1) is 5.27. The maximum absolute atomic E-state index is 9.52. The summed E-state index contributed by atoms with van der Waals surface area (Å²) in [5.74, 6) is 0. The maximum atomic E-state index is 9.52. The molecule has 0 radical (unpaired) electrons. The van der Waals surface area contributed by atoms with Crippen LogP contribution >= 0.6 is 0 Å². The minimum absolute atomic E-state index is 0.628. The third-order valence-corrected chi connectivity index (χ3v) is 1.91. The van der Waals surface area contributed by atoms with Crippen molar-refractivity contribution in [1.82, 2.24) is 0 Å². The second-order valence-corrected chi connectivity index (χ2v) is 4.23. The van der Waals surface area contributed by atoms with E-state index in [2.05, 4.69) is 6.58 Å². The summed E-state index contributed by atoms with van der Waals surface area (Å²) in [4.78, 5) is 0. The van der Waals surface area contributed by atoms with Crippen LogP contribution in [0.25, 0.3) is 0 Å². The van der Waals surface area contributed by atoms with Gasteiger partial charge in [0.05, 0.1) is 11.2 Å². The van der Waals surface area contributed by atoms with Gasteiger partial charge in [-0.1, -0.05) is 6.08 Å². The SMILES string of the molecule is C=CC(C)(O)CCCC(C)(C)O. The third kappa shape index (κ3) is 6.38. The van der Waals surface area contributed by atoms with Crippen molar-refractivity contribution < 1.29 is 10.2 Å². The fourth-order valence-electron chi connectivity index (χ4n) is 0.981. The smallest absolute Gasteiger partial charge is 0.0797 e. The molecule has 72 valence electrons. The van der Waals surface area contributed by atoms with Crippen LogP contribution in [-0.2, 0) is 0 Å². The van der Waals surface area contributed by atoms with Crippen LogP contribution < -0.4 is 0 Å². The Morgan fingerprint density at radius 3 is 2.00 bits per heavy atom. The Kier molecular flexibility index (Phi) is 3.94. The molecule has 2 N–H and O–H groups in total. The zero-order chi connectivity index (χ0) is 9.83. The second kappa shape index (κ2) is 4.06. The Bertz CT molecular complexity index is 142. The van der Waals surface area contributed by atoms with Gasteiger partial charge in [0.1, 0.15) is 0 Å². The van der Waals surface area contributed by atoms with Gasteiger partial charge < -0.3 is 10.2 Å². The molecule has 0 aromatic heterocycles. The van der Waals surface area contributed by atoms with Crippen molar-refractivity contribution in [3.05, 3.63) is 12.7 Å². The van der Waals surface area contributed by atoms with Crippen LogP contribution in [0.15, 0.2) is 12.7 Å². The lowest BCUT2D eigenvalue weighted by molar-refractivity contribution is 0.0526. The topological polar surface area (TPSA) is 40.5 Å². The number of aliphatic hydroxyl groups is 2. The Morgan fingerprint density at radius 2 is 1.67 bits per heavy atom. The predicted molar refractivity (Wildman–Crippen MR) is 51.0 cm³/mol. The van der Waals surface area contributed by atoms with Crippen LogP contribution in [-0.4, -0.2) is 21.4 Å². The number of hydrogen-bond donors (Lipinski definition) is 2. The molecular weight excluding hydrogens is 152 g/mol. The third-order valence-electron chi connectivity index (χ3n) is 1.91. The highest BCUT2D eigenvalue weighted by atomic mass is 16.3. The molecule has 0 fully saturated rings. The number of rotatable bonds is 5. The molecule has 0 aliphatic heterocycles. The molecule has 0 saturated heterocycles. The summed E-state index contributed by atoms with van der Waals surface area (Å²) in [6.07, 6.45) is 3.71. The first kappa shape index (κ1) is 11.7. The lowest BCUT2D eigenvalue weighted by Gasteiger charge is -2.21. The van der Waals surface area contributed by atoms with Gasteiger partial charge in [-0.15, -0.1) is 6.58 Å². The first-order valence-electron chi connectivity index (χ1n) is 4.35. The summed E-state index contributed by atoms with van der Waals surface area (Å²) >= 11 is 0. The van der Waals surface area contributed by atoms with Crippen LogP contribution in [0.3, 0.4) is 0 Å². The van der Waals surface area contributed by atoms with Crippen molar-refractivity contribution in [1.29, 1.82) is 0 Å². The van der Waals surface area contributed by atoms with Gasteiger partial charge in [0.2, 0.25) is 0 Å². The molecule has 0 heterocycles. The standard InChI is InChI=1S/C10H20O2/c1-5-10(4,12)8-6-7-9(2,3)11/h5,11-12H,1,6-8H2,2-4H3. The highest BCUT2D eigenvalue weighted by Crippen LogP contribution is 2.18. The van der Waals surface area contributed by atoms with E-state index in [1.807, 2.05) is 0 Å². The van der Waals surface area contributed by atoms with Crippen molar-refractivity contribution in [2.24, 2.45) is 0 Å². The van der Waals surface area contributed by atoms with Gasteiger partial charge in [0.15, 0.2) is 0 Å². The van der Waals surface area contributed by atoms with E-state index < -0.39 is 11.2 Å². The molecule has 12 heavy (non-hydrogen) atoms. The van der Waals surface area contributed by atoms with E-state index >= 15 is 0 Å². The highest BCUT2D eigenvalue weighted by Gasteiger charge is 2.18. The predicted octanol–water partition coefficient (Wildman–Crippen LogP) is 1.86. The molecule has 0 rings (SSSR count). The summed E-state index contributed by atoms with van der Waals surface area (Å²) in [7, 11) is 0. The zero-order valence-electron chi connectivity index (χ0n) is 8.30. The van der Waals surface area contributed by atoms with Crippen LogP contribution in [0.4, 0.5) is 0 Å². The molecule has 0 aliphatic rings. The van der Waals surface area contributed by atoms with Crippen LogP contribution in [0.5, 0.6) is 0 Å². The van der Waals surface area contributed by atoms with E-state index in [1.54, 1.807) is 20.8 Å². The zero-order valence-corrected chi connectivity index (χ0v) is 8.30. The molecule has 1 unspecified atom stereocenters. The van der Waals surface area contributed by atoms with Gasteiger partial charge in [-0.05, 0) is 40.0 Å². The van der Waals surface area contributed by atoms with E-state index in [9.17, 15) is 10.2 Å². The second-order valence-electron chi connectivity index (χ2n) is 4.23. The van der Waals surface area contributed by atoms with Crippen molar-refractivity contribution in [2.45, 2.75) is 51.2 Å². The summed E-state index contributed by atoms with van der Waals surface area (Å²) in [6.45, 7) is 8.81. The largest absolute Gasteiger partial charge is 0.390 e. The monoisotopic (exact) mass is 172 g/mol. The van der Waals surface area contributed by atoms with E-state index in [0.29, 0.717) is 12.8 Å². The molecule has 1 atom stereocenters. The molecule has 0 aromatic carbocycles. The lowest BCUT2D eigenvalue weighted by Crippen LogP contribution is -2.23. The Balaban J connectivity index is 3.64. The van der Waals surface area contributed by atoms with Gasteiger partial charge in [-0.25, -0.2) is 0 Å². The van der Waals surface area contributed by atoms with Gasteiger partial charge in [0.25, 0.3) is 0 Å². The van der Waals surface area contributed by atoms with Gasteiger partial charge >= 0.3 is 0 Å². The van der Waals surface area contributed by atoms with Crippen LogP contribution in [0.1, 0.15) is 40.0 Å². The van der Waals surface area contributed by atoms with E-state index in [1.165, 1.54) is 6.08 Å². The van der Waals surface area contributed by atoms with E-state index in [0.717, 1.165) is 6.42 Å². The van der Waals surface area contributed by atoms with E-state index in [-0.39, 0.29) is 0 Å². The molecule has 0 aromatic rings. The summed E-state index contributed by atoms with van der Waals surface area (Å²) < 4.78 is 0. The first-order valence-corrected chi connectivity index (χ1v) is 4.35. The molecular formula is C10H20O2. The molecule has 0 aliphatic carbocycles. The number of hydrogen-bond acceptors (Lipinski definition) is 2. The van der Waals surface area contributed by atoms with Gasteiger partial charge in [0, 0.05) is 0 Å². The average molecular weight is 172 g/mol. The minimum Gasteiger partial charge on any atom is -0.390 e. The minimum atomic E-state index is -0.786. The molecule has 2 nitrogen and oxygen atoms in total. The Morgan fingerprint density at radius 1 is 1.17 bits per heavy atom. The normalized spacial score (nSPS) is 17.1. The fraction of sp³-hybridized carbons (Fsp3) is 0.800. The summed E-state index contributed by atoms with van der Waals surface area (Å²) in [5.41, 5.74) is -1.41. The van der Waals surface area contributed by atoms with Crippen molar-refractivity contribution in [2.75, 3.05) is 0 Å². The van der Waals surface area contributed by atoms with Gasteiger partial charge in [-0.2, -0.15) is 0 Å². The molecule has 0 amide bonds. The summed E-state index contributed by atoms with van der Waals surface area (Å²) in [5, 5.41) is 18.9. The Labute approximate surface area is 74.9 Å². The molecule has 0 spiro atoms. The van der Waals surface area contributed by atoms with Crippen molar-refractivity contribution in [3.8, 4) is 0 Å². The van der Waals surface area contributed by atoms with E-state index in [4.69, 9.17) is 0 Å². The quantitative estimate of drug-likeness (QED) is 0.621. The van der Waals surface area contributed by atoms with Crippen LogP contribution in [0, 0.1) is 0 Å².